The van der Waals surface area contributed by atoms with Crippen LogP contribution in [0.25, 0.3) is 0 Å². The molecule has 0 radical (unpaired) electrons. The van der Waals surface area contributed by atoms with Crippen molar-refractivity contribution in [3.63, 3.8) is 0 Å². The Bertz CT molecular complexity index is 895. The van der Waals surface area contributed by atoms with E-state index in [9.17, 15) is 13.2 Å². The van der Waals surface area contributed by atoms with Gasteiger partial charge in [0, 0.05) is 31.3 Å². The average Bonchev–Trinajstić information content (AvgIpc) is 3.33. The maximum Gasteiger partial charge on any atom is 0.268 e. The number of H-pyrrole nitrogens is 1. The molecule has 0 aromatic carbocycles. The Balaban J connectivity index is 1.49. The molecular formula is C17H21N3O5S. The van der Waals surface area contributed by atoms with Crippen LogP contribution in [0.3, 0.4) is 0 Å². The minimum absolute atomic E-state index is 0.0946. The van der Waals surface area contributed by atoms with Crippen LogP contribution in [0.15, 0.2) is 33.9 Å². The molecule has 1 aliphatic carbocycles. The van der Waals surface area contributed by atoms with Crippen LogP contribution in [-0.2, 0) is 21.2 Å². The van der Waals surface area contributed by atoms with Crippen molar-refractivity contribution in [2.75, 3.05) is 26.3 Å². The van der Waals surface area contributed by atoms with Gasteiger partial charge in [-0.2, -0.15) is 4.31 Å². The summed E-state index contributed by atoms with van der Waals surface area (Å²) in [5, 5.41) is 2.96. The number of nitrogens with one attached hydrogen (secondary N) is 2. The molecule has 0 spiro atoms. The summed E-state index contributed by atoms with van der Waals surface area (Å²) in [6.07, 6.45) is 5.64. The highest BCUT2D eigenvalue weighted by Crippen LogP contribution is 2.30. The zero-order chi connectivity index (χ0) is 18.1. The molecule has 1 atom stereocenters. The molecule has 1 amide bonds. The second kappa shape index (κ2) is 6.90. The Hall–Kier alpha value is -2.10. The van der Waals surface area contributed by atoms with E-state index in [0.717, 1.165) is 30.6 Å². The summed E-state index contributed by atoms with van der Waals surface area (Å²) in [6, 6.07) is 3.15. The predicted octanol–water partition coefficient (Wildman–Crippen LogP) is 1.44. The first-order chi connectivity index (χ1) is 12.6. The second-order valence-corrected chi connectivity index (χ2v) is 8.42. The predicted molar refractivity (Wildman–Crippen MR) is 92.2 cm³/mol. The second-order valence-electron chi connectivity index (χ2n) is 6.48. The van der Waals surface area contributed by atoms with Gasteiger partial charge < -0.3 is 19.5 Å². The van der Waals surface area contributed by atoms with Gasteiger partial charge in [0.05, 0.1) is 25.5 Å². The lowest BCUT2D eigenvalue weighted by Gasteiger charge is -2.25. The third-order valence-corrected chi connectivity index (χ3v) is 6.74. The Labute approximate surface area is 151 Å². The van der Waals surface area contributed by atoms with Crippen LogP contribution < -0.4 is 5.32 Å². The Morgan fingerprint density at radius 3 is 2.92 bits per heavy atom. The van der Waals surface area contributed by atoms with E-state index in [1.54, 1.807) is 6.26 Å². The molecule has 0 saturated carbocycles. The van der Waals surface area contributed by atoms with E-state index in [-0.39, 0.29) is 22.5 Å². The Morgan fingerprint density at radius 1 is 1.31 bits per heavy atom. The number of furan rings is 1. The van der Waals surface area contributed by atoms with Gasteiger partial charge in [-0.15, -0.1) is 0 Å². The first kappa shape index (κ1) is 17.3. The molecule has 2 aromatic rings. The molecule has 2 N–H and O–H groups in total. The lowest BCUT2D eigenvalue weighted by atomic mass is 9.93. The molecule has 0 bridgehead atoms. The number of aryl methyl sites for hydroxylation is 1. The first-order valence-electron chi connectivity index (χ1n) is 8.69. The molecule has 1 fully saturated rings. The van der Waals surface area contributed by atoms with E-state index in [2.05, 4.69) is 10.3 Å². The molecule has 8 nitrogen and oxygen atoms in total. The van der Waals surface area contributed by atoms with Crippen molar-refractivity contribution in [2.24, 2.45) is 0 Å². The number of morpholine rings is 1. The number of hydrogen-bond donors (Lipinski definition) is 2. The summed E-state index contributed by atoms with van der Waals surface area (Å²) < 4.78 is 37.3. The average molecular weight is 379 g/mol. The SMILES string of the molecule is O=C(N[C@@H]1CCCc2occc21)c1cc(S(=O)(=O)N2CCOCC2)c[nH]1. The standard InChI is InChI=1S/C17H21N3O5S/c21-17(19-14-2-1-3-16-13(14)4-7-25-16)15-10-12(11-18-15)26(22,23)20-5-8-24-9-6-20/h4,7,10-11,14,18H,1-3,5-6,8-9H2,(H,19,21)/t14-/m1/s1. The number of carbonyl (C=O) groups is 1. The highest BCUT2D eigenvalue weighted by atomic mass is 32.2. The highest BCUT2D eigenvalue weighted by molar-refractivity contribution is 7.89. The monoisotopic (exact) mass is 379 g/mol. The number of ether oxygens (including phenoxy) is 1. The number of amides is 1. The maximum absolute atomic E-state index is 12.6. The van der Waals surface area contributed by atoms with Crippen molar-refractivity contribution in [2.45, 2.75) is 30.2 Å². The molecule has 4 rings (SSSR count). The van der Waals surface area contributed by atoms with Gasteiger partial charge >= 0.3 is 0 Å². The van der Waals surface area contributed by atoms with Crippen molar-refractivity contribution in [3.8, 4) is 0 Å². The topological polar surface area (TPSA) is 105 Å². The number of rotatable bonds is 4. The minimum atomic E-state index is -3.62. The summed E-state index contributed by atoms with van der Waals surface area (Å²) in [5.74, 6) is 0.580. The van der Waals surface area contributed by atoms with Gasteiger partial charge in [0.25, 0.3) is 5.91 Å². The van der Waals surface area contributed by atoms with Crippen molar-refractivity contribution in [1.29, 1.82) is 0 Å². The summed E-state index contributed by atoms with van der Waals surface area (Å²) in [4.78, 5) is 15.4. The zero-order valence-electron chi connectivity index (χ0n) is 14.2. The van der Waals surface area contributed by atoms with Crippen LogP contribution in [0, 0.1) is 0 Å². The van der Waals surface area contributed by atoms with Gasteiger partial charge in [-0.05, 0) is 25.0 Å². The summed E-state index contributed by atoms with van der Waals surface area (Å²) in [5.41, 5.74) is 1.23. The van der Waals surface area contributed by atoms with Crippen LogP contribution >= 0.6 is 0 Å². The fourth-order valence-corrected chi connectivity index (χ4v) is 4.87. The van der Waals surface area contributed by atoms with E-state index < -0.39 is 10.0 Å². The van der Waals surface area contributed by atoms with Crippen molar-refractivity contribution in [3.05, 3.63) is 41.6 Å². The number of nitrogens with zero attached hydrogens (tertiary/aromatic N) is 1. The number of aromatic amines is 1. The zero-order valence-corrected chi connectivity index (χ0v) is 15.0. The normalized spacial score (nSPS) is 21.3. The van der Waals surface area contributed by atoms with Crippen LogP contribution in [-0.4, -0.2) is 49.9 Å². The lowest BCUT2D eigenvalue weighted by molar-refractivity contribution is 0.0730. The van der Waals surface area contributed by atoms with Crippen LogP contribution in [0.2, 0.25) is 0 Å². The van der Waals surface area contributed by atoms with Crippen LogP contribution in [0.4, 0.5) is 0 Å². The molecule has 1 saturated heterocycles. The molecule has 1 aliphatic heterocycles. The molecule has 140 valence electrons. The van der Waals surface area contributed by atoms with E-state index in [0.29, 0.717) is 26.3 Å². The quantitative estimate of drug-likeness (QED) is 0.836. The highest BCUT2D eigenvalue weighted by Gasteiger charge is 2.29. The molecule has 9 heteroatoms. The van der Waals surface area contributed by atoms with Gasteiger partial charge in [-0.25, -0.2) is 8.42 Å². The van der Waals surface area contributed by atoms with Gasteiger partial charge in [-0.1, -0.05) is 0 Å². The van der Waals surface area contributed by atoms with Gasteiger partial charge in [0.2, 0.25) is 10.0 Å². The van der Waals surface area contributed by atoms with Crippen molar-refractivity contribution < 1.29 is 22.4 Å². The number of aromatic nitrogens is 1. The Morgan fingerprint density at radius 2 is 2.12 bits per heavy atom. The van der Waals surface area contributed by atoms with E-state index in [1.807, 2.05) is 6.07 Å². The summed E-state index contributed by atoms with van der Waals surface area (Å²) in [6.45, 7) is 1.40. The number of carbonyl (C=O) groups excluding carboxylic acids is 1. The van der Waals surface area contributed by atoms with Crippen molar-refractivity contribution in [1.82, 2.24) is 14.6 Å². The number of sulfonamides is 1. The molecule has 26 heavy (non-hydrogen) atoms. The molecule has 3 heterocycles. The van der Waals surface area contributed by atoms with Crippen molar-refractivity contribution >= 4 is 15.9 Å². The van der Waals surface area contributed by atoms with E-state index in [1.165, 1.54) is 16.6 Å². The fourth-order valence-electron chi connectivity index (χ4n) is 3.46. The largest absolute Gasteiger partial charge is 0.469 e. The maximum atomic E-state index is 12.6. The molecule has 2 aliphatic rings. The fraction of sp³-hybridized carbons (Fsp3) is 0.471. The smallest absolute Gasteiger partial charge is 0.268 e. The van der Waals surface area contributed by atoms with Gasteiger partial charge in [0.15, 0.2) is 0 Å². The molecule has 2 aromatic heterocycles. The lowest BCUT2D eigenvalue weighted by Crippen LogP contribution is -2.40. The minimum Gasteiger partial charge on any atom is -0.469 e. The third kappa shape index (κ3) is 3.17. The van der Waals surface area contributed by atoms with E-state index in [4.69, 9.17) is 9.15 Å². The van der Waals surface area contributed by atoms with Crippen LogP contribution in [0.1, 0.15) is 40.7 Å². The Kier molecular flexibility index (Phi) is 4.60. The first-order valence-corrected chi connectivity index (χ1v) is 10.1. The summed E-state index contributed by atoms with van der Waals surface area (Å²) >= 11 is 0. The summed E-state index contributed by atoms with van der Waals surface area (Å²) in [7, 11) is -3.62. The molecular weight excluding hydrogens is 358 g/mol. The van der Waals surface area contributed by atoms with Crippen LogP contribution in [0.5, 0.6) is 0 Å². The van der Waals surface area contributed by atoms with Gasteiger partial charge in [0.1, 0.15) is 16.3 Å². The molecule has 0 unspecified atom stereocenters. The number of fused-ring (bicyclic) bond motifs is 1. The number of hydrogen-bond acceptors (Lipinski definition) is 5. The van der Waals surface area contributed by atoms with E-state index >= 15 is 0 Å². The van der Waals surface area contributed by atoms with Gasteiger partial charge in [-0.3, -0.25) is 4.79 Å². The third-order valence-electron chi connectivity index (χ3n) is 4.87.